The van der Waals surface area contributed by atoms with Gasteiger partial charge in [-0.25, -0.2) is 0 Å². The molecule has 0 N–H and O–H groups in total. The third-order valence-corrected chi connectivity index (χ3v) is 3.30. The van der Waals surface area contributed by atoms with Gasteiger partial charge in [-0.3, -0.25) is 4.98 Å². The molecule has 0 aliphatic carbocycles. The summed E-state index contributed by atoms with van der Waals surface area (Å²) in [5.41, 5.74) is 2.96. The maximum absolute atomic E-state index is 6.13. The van der Waals surface area contributed by atoms with Crippen molar-refractivity contribution in [2.75, 3.05) is 0 Å². The Bertz CT molecular complexity index is 504. The molecule has 0 fully saturated rings. The lowest BCUT2D eigenvalue weighted by atomic mass is 9.46. The molecule has 4 radical (unpaired) electrons. The van der Waals surface area contributed by atoms with E-state index in [1.165, 1.54) is 0 Å². The molecule has 0 spiro atoms. The fourth-order valence-electron chi connectivity index (χ4n) is 1.80. The number of aromatic nitrogens is 1. The summed E-state index contributed by atoms with van der Waals surface area (Å²) in [4.78, 5) is 4.31. The molecule has 0 aliphatic heterocycles. The Morgan fingerprint density at radius 3 is 2.17 bits per heavy atom. The average molecular weight is 231 g/mol. The van der Waals surface area contributed by atoms with E-state index in [4.69, 9.17) is 15.7 Å². The summed E-state index contributed by atoms with van der Waals surface area (Å²) in [5.74, 6) is 0.179. The Morgan fingerprint density at radius 2 is 1.67 bits per heavy atom. The highest BCUT2D eigenvalue weighted by atomic mass is 14.7. The quantitative estimate of drug-likeness (QED) is 0.740. The molecule has 0 amide bonds. The Morgan fingerprint density at radius 1 is 1.00 bits per heavy atom. The number of benzene rings is 1. The lowest BCUT2D eigenvalue weighted by Gasteiger charge is -2.31. The van der Waals surface area contributed by atoms with Crippen LogP contribution in [0.5, 0.6) is 0 Å². The molecule has 1 aromatic heterocycles. The van der Waals surface area contributed by atoms with E-state index in [0.717, 1.165) is 16.8 Å². The van der Waals surface area contributed by atoms with Gasteiger partial charge in [0, 0.05) is 11.8 Å². The maximum Gasteiger partial charge on any atom is 0.0701 e. The van der Waals surface area contributed by atoms with Crippen LogP contribution in [0.2, 0.25) is 0 Å². The molecule has 0 unspecified atom stereocenters. The second-order valence-corrected chi connectivity index (χ2v) is 4.88. The van der Waals surface area contributed by atoms with Gasteiger partial charge in [0.15, 0.2) is 0 Å². The number of pyridine rings is 1. The van der Waals surface area contributed by atoms with Gasteiger partial charge in [-0.05, 0) is 12.1 Å². The van der Waals surface area contributed by atoms with Crippen LogP contribution in [-0.4, -0.2) is 20.7 Å². The highest BCUT2D eigenvalue weighted by Crippen LogP contribution is 2.27. The molecule has 1 aromatic carbocycles. The van der Waals surface area contributed by atoms with Crippen LogP contribution in [0.4, 0.5) is 0 Å². The van der Waals surface area contributed by atoms with Gasteiger partial charge in [-0.2, -0.15) is 0 Å². The van der Waals surface area contributed by atoms with Crippen LogP contribution in [0.25, 0.3) is 11.3 Å². The van der Waals surface area contributed by atoms with Gasteiger partial charge in [-0.15, -0.1) is 0 Å². The number of hydrogen-bond donors (Lipinski definition) is 0. The SMILES string of the molecule is [B]C([B])(c1ccc(-c2ccccn2)cc1)C(C)C. The lowest BCUT2D eigenvalue weighted by Crippen LogP contribution is -2.33. The van der Waals surface area contributed by atoms with Crippen molar-refractivity contribution in [2.24, 2.45) is 5.92 Å². The molecule has 1 nitrogen and oxygen atoms in total. The predicted molar refractivity (Wildman–Crippen MR) is 77.7 cm³/mol. The number of hydrogen-bond acceptors (Lipinski definition) is 1. The van der Waals surface area contributed by atoms with E-state index in [9.17, 15) is 0 Å². The van der Waals surface area contributed by atoms with Gasteiger partial charge < -0.3 is 0 Å². The minimum Gasteiger partial charge on any atom is -0.256 e. The van der Waals surface area contributed by atoms with E-state index in [1.54, 1.807) is 6.20 Å². The monoisotopic (exact) mass is 231 g/mol. The second-order valence-electron chi connectivity index (χ2n) is 4.88. The third kappa shape index (κ3) is 2.50. The van der Waals surface area contributed by atoms with E-state index in [0.29, 0.717) is 0 Å². The number of nitrogens with zero attached hydrogens (tertiary/aromatic N) is 1. The zero-order chi connectivity index (χ0) is 13.2. The fraction of sp³-hybridized carbons (Fsp3) is 0.267. The topological polar surface area (TPSA) is 12.9 Å². The van der Waals surface area contributed by atoms with Crippen molar-refractivity contribution in [2.45, 2.75) is 19.1 Å². The van der Waals surface area contributed by atoms with Gasteiger partial charge in [0.2, 0.25) is 0 Å². The summed E-state index contributed by atoms with van der Waals surface area (Å²) in [6, 6.07) is 13.8. The van der Waals surface area contributed by atoms with Gasteiger partial charge in [0.25, 0.3) is 0 Å². The number of rotatable bonds is 3. The largest absolute Gasteiger partial charge is 0.256 e. The van der Waals surface area contributed by atoms with Crippen LogP contribution >= 0.6 is 0 Å². The van der Waals surface area contributed by atoms with Crippen LogP contribution in [0.15, 0.2) is 48.7 Å². The van der Waals surface area contributed by atoms with Crippen molar-refractivity contribution in [3.63, 3.8) is 0 Å². The van der Waals surface area contributed by atoms with E-state index in [1.807, 2.05) is 56.3 Å². The maximum atomic E-state index is 6.13. The van der Waals surface area contributed by atoms with Gasteiger partial charge in [0.1, 0.15) is 0 Å². The molecule has 1 heterocycles. The van der Waals surface area contributed by atoms with E-state index in [2.05, 4.69) is 4.98 Å². The lowest BCUT2D eigenvalue weighted by molar-refractivity contribution is 0.570. The Labute approximate surface area is 111 Å². The summed E-state index contributed by atoms with van der Waals surface area (Å²) in [6.07, 6.45) is 1.79. The van der Waals surface area contributed by atoms with Crippen LogP contribution in [0.3, 0.4) is 0 Å². The second kappa shape index (κ2) is 5.01. The van der Waals surface area contributed by atoms with Crippen LogP contribution < -0.4 is 0 Å². The molecule has 0 aliphatic rings. The molecule has 2 rings (SSSR count). The Balaban J connectivity index is 2.32. The average Bonchev–Trinajstić information content (AvgIpc) is 2.40. The van der Waals surface area contributed by atoms with E-state index >= 15 is 0 Å². The molecule has 86 valence electrons. The van der Waals surface area contributed by atoms with Gasteiger partial charge in [-0.1, -0.05) is 60.9 Å². The molecule has 0 atom stereocenters. The van der Waals surface area contributed by atoms with E-state index < -0.39 is 5.21 Å². The molecule has 3 heteroatoms. The molecular formula is C15H15B2N. The van der Waals surface area contributed by atoms with Crippen LogP contribution in [0, 0.1) is 5.92 Å². The smallest absolute Gasteiger partial charge is 0.0701 e. The molecule has 0 bridgehead atoms. The first-order chi connectivity index (χ1) is 8.51. The van der Waals surface area contributed by atoms with Crippen LogP contribution in [0.1, 0.15) is 19.4 Å². The third-order valence-electron chi connectivity index (χ3n) is 3.30. The van der Waals surface area contributed by atoms with Gasteiger partial charge >= 0.3 is 0 Å². The van der Waals surface area contributed by atoms with Crippen molar-refractivity contribution in [3.8, 4) is 11.3 Å². The first kappa shape index (κ1) is 12.9. The van der Waals surface area contributed by atoms with Gasteiger partial charge in [0.05, 0.1) is 21.4 Å². The Hall–Kier alpha value is -1.50. The summed E-state index contributed by atoms with van der Waals surface area (Å²) in [6.45, 7) is 4.04. The standard InChI is InChI=1S/C15H15B2N/c1-11(2)15(16,17)13-8-6-12(7-9-13)14-5-3-4-10-18-14/h3-11H,1-2H3. The van der Waals surface area contributed by atoms with Crippen molar-refractivity contribution in [1.29, 1.82) is 0 Å². The van der Waals surface area contributed by atoms with Crippen LogP contribution in [-0.2, 0) is 5.21 Å². The van der Waals surface area contributed by atoms with E-state index in [-0.39, 0.29) is 5.92 Å². The highest BCUT2D eigenvalue weighted by molar-refractivity contribution is 6.40. The normalized spacial score (nSPS) is 11.7. The van der Waals surface area contributed by atoms with Crippen molar-refractivity contribution in [3.05, 3.63) is 54.2 Å². The highest BCUT2D eigenvalue weighted by Gasteiger charge is 2.23. The first-order valence-corrected chi connectivity index (χ1v) is 6.11. The molecule has 0 saturated heterocycles. The molecule has 2 aromatic rings. The summed E-state index contributed by atoms with van der Waals surface area (Å²) in [5, 5.41) is -0.789. The Kier molecular flexibility index (Phi) is 3.60. The molecule has 0 saturated carbocycles. The van der Waals surface area contributed by atoms with Crippen molar-refractivity contribution < 1.29 is 0 Å². The zero-order valence-electron chi connectivity index (χ0n) is 10.8. The summed E-state index contributed by atoms with van der Waals surface area (Å²) < 4.78 is 0. The zero-order valence-corrected chi connectivity index (χ0v) is 10.8. The van der Waals surface area contributed by atoms with Crippen molar-refractivity contribution in [1.82, 2.24) is 4.98 Å². The summed E-state index contributed by atoms with van der Waals surface area (Å²) >= 11 is 0. The first-order valence-electron chi connectivity index (χ1n) is 6.11. The minimum atomic E-state index is -0.789. The van der Waals surface area contributed by atoms with Crippen molar-refractivity contribution >= 4 is 15.7 Å². The molecule has 18 heavy (non-hydrogen) atoms. The predicted octanol–water partition coefficient (Wildman–Crippen LogP) is 2.89. The molecular weight excluding hydrogens is 216 g/mol. The summed E-state index contributed by atoms with van der Waals surface area (Å²) in [7, 11) is 12.3. The fourth-order valence-corrected chi connectivity index (χ4v) is 1.80. The minimum absolute atomic E-state index is 0.179.